The first-order chi connectivity index (χ1) is 14.7. The van der Waals surface area contributed by atoms with Gasteiger partial charge in [0.2, 0.25) is 0 Å². The number of carbonyl (C=O) groups is 1. The summed E-state index contributed by atoms with van der Waals surface area (Å²) < 4.78 is 15.7. The van der Waals surface area contributed by atoms with Crippen molar-refractivity contribution in [2.45, 2.75) is 0 Å². The van der Waals surface area contributed by atoms with E-state index in [0.717, 1.165) is 50.6 Å². The number of aromatic nitrogens is 2. The predicted octanol–water partition coefficient (Wildman–Crippen LogP) is 2.77. The molecule has 1 saturated heterocycles. The maximum Gasteiger partial charge on any atom is 0.340 e. The lowest BCUT2D eigenvalue weighted by Crippen LogP contribution is -2.38. The summed E-state index contributed by atoms with van der Waals surface area (Å²) in [7, 11) is 2.95. The minimum absolute atomic E-state index is 0.400. The Labute approximate surface area is 175 Å². The van der Waals surface area contributed by atoms with E-state index in [0.29, 0.717) is 28.2 Å². The van der Waals surface area contributed by atoms with Gasteiger partial charge in [0.05, 0.1) is 33.0 Å². The number of ether oxygens (including phenoxy) is 3. The number of esters is 1. The van der Waals surface area contributed by atoms with Gasteiger partial charge in [-0.3, -0.25) is 4.90 Å². The van der Waals surface area contributed by atoms with Crippen LogP contribution in [0.2, 0.25) is 0 Å². The molecule has 30 heavy (non-hydrogen) atoms. The van der Waals surface area contributed by atoms with Gasteiger partial charge in [-0.25, -0.2) is 9.78 Å². The van der Waals surface area contributed by atoms with Crippen LogP contribution < -0.4 is 10.1 Å². The highest BCUT2D eigenvalue weighted by atomic mass is 16.5. The number of hydrogen-bond acceptors (Lipinski definition) is 7. The second kappa shape index (κ2) is 9.15. The molecule has 2 aromatic carbocycles. The van der Waals surface area contributed by atoms with E-state index < -0.39 is 5.97 Å². The van der Waals surface area contributed by atoms with Crippen LogP contribution >= 0.6 is 0 Å². The molecule has 0 aliphatic carbocycles. The van der Waals surface area contributed by atoms with Crippen molar-refractivity contribution in [3.8, 4) is 17.1 Å². The van der Waals surface area contributed by atoms with E-state index in [9.17, 15) is 4.79 Å². The SMILES string of the molecule is COC(=O)c1ccc(OC)c2[nH]c(-c3ccc(NCCN4CCOCC4)cc3)nc12. The number of aromatic amines is 1. The van der Waals surface area contributed by atoms with Crippen molar-refractivity contribution < 1.29 is 19.0 Å². The van der Waals surface area contributed by atoms with Gasteiger partial charge in [-0.1, -0.05) is 0 Å². The minimum atomic E-state index is -0.430. The molecule has 1 aliphatic heterocycles. The summed E-state index contributed by atoms with van der Waals surface area (Å²) in [6.07, 6.45) is 0. The summed E-state index contributed by atoms with van der Waals surface area (Å²) in [4.78, 5) is 22.4. The van der Waals surface area contributed by atoms with E-state index in [1.165, 1.54) is 7.11 Å². The zero-order chi connectivity index (χ0) is 20.9. The quantitative estimate of drug-likeness (QED) is 0.579. The van der Waals surface area contributed by atoms with Crippen LogP contribution in [0.25, 0.3) is 22.4 Å². The standard InChI is InChI=1S/C22H26N4O4/c1-28-18-8-7-17(22(27)29-2)19-20(18)25-21(24-19)15-3-5-16(6-4-15)23-9-10-26-11-13-30-14-12-26/h3-8,23H,9-14H2,1-2H3,(H,24,25). The fourth-order valence-electron chi connectivity index (χ4n) is 3.58. The van der Waals surface area contributed by atoms with E-state index in [-0.39, 0.29) is 0 Å². The Morgan fingerprint density at radius 3 is 2.63 bits per heavy atom. The van der Waals surface area contributed by atoms with Crippen molar-refractivity contribution in [2.75, 3.05) is 58.9 Å². The van der Waals surface area contributed by atoms with Crippen molar-refractivity contribution in [2.24, 2.45) is 0 Å². The molecule has 1 fully saturated rings. The van der Waals surface area contributed by atoms with Gasteiger partial charge in [0.15, 0.2) is 0 Å². The van der Waals surface area contributed by atoms with Gasteiger partial charge >= 0.3 is 5.97 Å². The maximum atomic E-state index is 12.1. The van der Waals surface area contributed by atoms with Gasteiger partial charge in [-0.2, -0.15) is 0 Å². The summed E-state index contributed by atoms with van der Waals surface area (Å²) in [5.41, 5.74) is 3.57. The third-order valence-corrected chi connectivity index (χ3v) is 5.25. The first kappa shape index (κ1) is 20.2. The number of hydrogen-bond donors (Lipinski definition) is 2. The number of anilines is 1. The fourth-order valence-corrected chi connectivity index (χ4v) is 3.58. The molecule has 0 spiro atoms. The zero-order valence-corrected chi connectivity index (χ0v) is 17.2. The van der Waals surface area contributed by atoms with Crippen LogP contribution in [0.3, 0.4) is 0 Å². The number of benzene rings is 2. The van der Waals surface area contributed by atoms with E-state index in [1.54, 1.807) is 19.2 Å². The highest BCUT2D eigenvalue weighted by molar-refractivity contribution is 6.04. The number of fused-ring (bicyclic) bond motifs is 1. The second-order valence-electron chi connectivity index (χ2n) is 7.07. The molecule has 1 aromatic heterocycles. The maximum absolute atomic E-state index is 12.1. The number of nitrogens with zero attached hydrogens (tertiary/aromatic N) is 2. The number of imidazole rings is 1. The van der Waals surface area contributed by atoms with E-state index in [2.05, 4.69) is 20.2 Å². The van der Waals surface area contributed by atoms with Crippen molar-refractivity contribution in [1.82, 2.24) is 14.9 Å². The van der Waals surface area contributed by atoms with Crippen LogP contribution in [0.1, 0.15) is 10.4 Å². The number of methoxy groups -OCH3 is 2. The lowest BCUT2D eigenvalue weighted by Gasteiger charge is -2.26. The Kier molecular flexibility index (Phi) is 6.15. The highest BCUT2D eigenvalue weighted by Gasteiger charge is 2.18. The molecule has 0 amide bonds. The average Bonchev–Trinajstić information content (AvgIpc) is 3.24. The summed E-state index contributed by atoms with van der Waals surface area (Å²) in [5.74, 6) is 0.859. The molecule has 158 valence electrons. The fraction of sp³-hybridized carbons (Fsp3) is 0.364. The van der Waals surface area contributed by atoms with Crippen molar-refractivity contribution in [3.05, 3.63) is 42.0 Å². The molecule has 2 N–H and O–H groups in total. The second-order valence-corrected chi connectivity index (χ2v) is 7.07. The largest absolute Gasteiger partial charge is 0.494 e. The number of H-pyrrole nitrogens is 1. The molecule has 0 bridgehead atoms. The zero-order valence-electron chi connectivity index (χ0n) is 17.2. The summed E-state index contributed by atoms with van der Waals surface area (Å²) in [6, 6.07) is 11.5. The van der Waals surface area contributed by atoms with Gasteiger partial charge in [0.25, 0.3) is 0 Å². The molecule has 3 aromatic rings. The Hall–Kier alpha value is -3.10. The summed E-state index contributed by atoms with van der Waals surface area (Å²) >= 11 is 0. The lowest BCUT2D eigenvalue weighted by molar-refractivity contribution is 0.0398. The minimum Gasteiger partial charge on any atom is -0.494 e. The Balaban J connectivity index is 1.50. The average molecular weight is 410 g/mol. The number of morpholine rings is 1. The molecule has 8 heteroatoms. The van der Waals surface area contributed by atoms with Gasteiger partial charge in [0, 0.05) is 37.4 Å². The Bertz CT molecular complexity index is 1010. The Morgan fingerprint density at radius 1 is 1.17 bits per heavy atom. The molecule has 2 heterocycles. The van der Waals surface area contributed by atoms with Crippen LogP contribution in [0, 0.1) is 0 Å². The van der Waals surface area contributed by atoms with Gasteiger partial charge in [0.1, 0.15) is 22.6 Å². The van der Waals surface area contributed by atoms with Crippen molar-refractivity contribution >= 4 is 22.7 Å². The van der Waals surface area contributed by atoms with Crippen LogP contribution in [0.4, 0.5) is 5.69 Å². The van der Waals surface area contributed by atoms with Crippen molar-refractivity contribution in [1.29, 1.82) is 0 Å². The first-order valence-corrected chi connectivity index (χ1v) is 9.99. The highest BCUT2D eigenvalue weighted by Crippen LogP contribution is 2.30. The normalized spacial score (nSPS) is 14.6. The molecule has 1 aliphatic rings. The molecule has 0 radical (unpaired) electrons. The monoisotopic (exact) mass is 410 g/mol. The topological polar surface area (TPSA) is 88.7 Å². The molecule has 0 atom stereocenters. The molecule has 8 nitrogen and oxygen atoms in total. The Morgan fingerprint density at radius 2 is 1.93 bits per heavy atom. The molecular weight excluding hydrogens is 384 g/mol. The smallest absolute Gasteiger partial charge is 0.340 e. The third-order valence-electron chi connectivity index (χ3n) is 5.25. The molecule has 4 rings (SSSR count). The van der Waals surface area contributed by atoms with Gasteiger partial charge in [-0.05, 0) is 36.4 Å². The van der Waals surface area contributed by atoms with Gasteiger partial charge in [-0.15, -0.1) is 0 Å². The first-order valence-electron chi connectivity index (χ1n) is 9.99. The molecule has 0 saturated carbocycles. The van der Waals surface area contributed by atoms with E-state index in [4.69, 9.17) is 14.2 Å². The van der Waals surface area contributed by atoms with Gasteiger partial charge < -0.3 is 24.5 Å². The molecular formula is C22H26N4O4. The number of carbonyl (C=O) groups excluding carboxylic acids is 1. The van der Waals surface area contributed by atoms with Crippen LogP contribution in [-0.4, -0.2) is 74.4 Å². The predicted molar refractivity (Wildman–Crippen MR) is 115 cm³/mol. The summed E-state index contributed by atoms with van der Waals surface area (Å²) in [6.45, 7) is 5.48. The van der Waals surface area contributed by atoms with Crippen LogP contribution in [-0.2, 0) is 9.47 Å². The lowest BCUT2D eigenvalue weighted by atomic mass is 10.1. The third kappa shape index (κ3) is 4.24. The molecule has 0 unspecified atom stereocenters. The summed E-state index contributed by atoms with van der Waals surface area (Å²) in [5, 5.41) is 3.45. The number of nitrogens with one attached hydrogen (secondary N) is 2. The van der Waals surface area contributed by atoms with E-state index in [1.807, 2.05) is 24.3 Å². The van der Waals surface area contributed by atoms with Crippen LogP contribution in [0.5, 0.6) is 5.75 Å². The van der Waals surface area contributed by atoms with E-state index >= 15 is 0 Å². The number of rotatable bonds is 7. The van der Waals surface area contributed by atoms with Crippen molar-refractivity contribution in [3.63, 3.8) is 0 Å². The van der Waals surface area contributed by atoms with Crippen LogP contribution in [0.15, 0.2) is 36.4 Å².